The lowest BCUT2D eigenvalue weighted by atomic mass is 10.0. The average molecular weight is 251 g/mol. The molecule has 0 fully saturated rings. The van der Waals surface area contributed by atoms with Gasteiger partial charge in [0.1, 0.15) is 0 Å². The predicted molar refractivity (Wildman–Crippen MR) is 58.0 cm³/mol. The SMILES string of the molecule is BrC1=CC[C@@H]2CC=CC[C@H]1N2.Cl. The van der Waals surface area contributed by atoms with Crippen molar-refractivity contribution in [2.75, 3.05) is 0 Å². The molecule has 0 unspecified atom stereocenters. The molecule has 0 aromatic heterocycles. The molecule has 0 spiro atoms. The Kier molecular flexibility index (Phi) is 3.81. The van der Waals surface area contributed by atoms with E-state index in [-0.39, 0.29) is 12.4 Å². The van der Waals surface area contributed by atoms with E-state index in [9.17, 15) is 0 Å². The second-order valence-electron chi connectivity index (χ2n) is 3.18. The summed E-state index contributed by atoms with van der Waals surface area (Å²) in [4.78, 5) is 0. The molecule has 2 rings (SSSR count). The minimum atomic E-state index is 0. The Morgan fingerprint density at radius 2 is 2.00 bits per heavy atom. The zero-order valence-electron chi connectivity index (χ0n) is 6.79. The van der Waals surface area contributed by atoms with Crippen LogP contribution in [0.25, 0.3) is 0 Å². The van der Waals surface area contributed by atoms with Gasteiger partial charge in [0.25, 0.3) is 0 Å². The molecule has 68 valence electrons. The molecule has 2 aliphatic heterocycles. The first-order valence-electron chi connectivity index (χ1n) is 4.13. The summed E-state index contributed by atoms with van der Waals surface area (Å²) in [5.41, 5.74) is 0. The van der Waals surface area contributed by atoms with Gasteiger partial charge in [-0.2, -0.15) is 0 Å². The van der Waals surface area contributed by atoms with Crippen LogP contribution < -0.4 is 5.32 Å². The van der Waals surface area contributed by atoms with Gasteiger partial charge in [-0.25, -0.2) is 0 Å². The zero-order valence-corrected chi connectivity index (χ0v) is 9.20. The fourth-order valence-electron chi connectivity index (χ4n) is 1.67. The van der Waals surface area contributed by atoms with Gasteiger partial charge in [-0.3, -0.25) is 0 Å². The van der Waals surface area contributed by atoms with E-state index >= 15 is 0 Å². The topological polar surface area (TPSA) is 12.0 Å². The molecule has 1 nitrogen and oxygen atoms in total. The van der Waals surface area contributed by atoms with Gasteiger partial charge < -0.3 is 5.32 Å². The van der Waals surface area contributed by atoms with Gasteiger partial charge in [-0.1, -0.05) is 34.2 Å². The Balaban J connectivity index is 0.000000720. The summed E-state index contributed by atoms with van der Waals surface area (Å²) in [6.07, 6.45) is 10.4. The van der Waals surface area contributed by atoms with Crippen molar-refractivity contribution >= 4 is 28.3 Å². The van der Waals surface area contributed by atoms with Crippen LogP contribution in [-0.2, 0) is 0 Å². The fourth-order valence-corrected chi connectivity index (χ4v) is 2.17. The van der Waals surface area contributed by atoms with Crippen LogP contribution in [0.4, 0.5) is 0 Å². The maximum atomic E-state index is 3.59. The summed E-state index contributed by atoms with van der Waals surface area (Å²) in [6, 6.07) is 1.23. The standard InChI is InChI=1S/C9H12BrN.ClH/c10-8-6-5-7-3-1-2-4-9(8)11-7;/h1-2,6-7,9,11H,3-5H2;1H/t7-,9+;/m0./s1. The molecular formula is C9H13BrClN. The molecule has 0 aromatic rings. The first-order chi connectivity index (χ1) is 5.36. The molecule has 2 bridgehead atoms. The molecule has 3 heteroatoms. The van der Waals surface area contributed by atoms with Crippen LogP contribution in [0.5, 0.6) is 0 Å². The summed E-state index contributed by atoms with van der Waals surface area (Å²) in [7, 11) is 0. The lowest BCUT2D eigenvalue weighted by Gasteiger charge is -2.26. The molecule has 1 N–H and O–H groups in total. The third kappa shape index (κ3) is 2.12. The largest absolute Gasteiger partial charge is 0.306 e. The van der Waals surface area contributed by atoms with Gasteiger partial charge >= 0.3 is 0 Å². The Hall–Kier alpha value is 0.210. The molecule has 2 atom stereocenters. The Labute approximate surface area is 87.8 Å². The predicted octanol–water partition coefficient (Wildman–Crippen LogP) is 2.77. The van der Waals surface area contributed by atoms with Crippen LogP contribution in [0.3, 0.4) is 0 Å². The number of hydrogen-bond acceptors (Lipinski definition) is 1. The molecule has 0 saturated heterocycles. The van der Waals surface area contributed by atoms with Gasteiger partial charge in [0.15, 0.2) is 0 Å². The van der Waals surface area contributed by atoms with Crippen LogP contribution in [-0.4, -0.2) is 12.1 Å². The smallest absolute Gasteiger partial charge is 0.0420 e. The maximum Gasteiger partial charge on any atom is 0.0420 e. The van der Waals surface area contributed by atoms with Crippen molar-refractivity contribution in [2.45, 2.75) is 31.3 Å². The summed E-state index contributed by atoms with van der Waals surface area (Å²) in [6.45, 7) is 0. The molecule has 0 amide bonds. The summed E-state index contributed by atoms with van der Waals surface area (Å²) >= 11 is 3.58. The first kappa shape index (κ1) is 10.3. The van der Waals surface area contributed by atoms with Crippen LogP contribution in [0, 0.1) is 0 Å². The third-order valence-electron chi connectivity index (χ3n) is 2.33. The highest BCUT2D eigenvalue weighted by atomic mass is 79.9. The van der Waals surface area contributed by atoms with Crippen molar-refractivity contribution in [3.63, 3.8) is 0 Å². The molecule has 0 radical (unpaired) electrons. The average Bonchev–Trinajstić information content (AvgIpc) is 2.21. The monoisotopic (exact) mass is 249 g/mol. The van der Waals surface area contributed by atoms with Gasteiger partial charge in [0.2, 0.25) is 0 Å². The Morgan fingerprint density at radius 3 is 2.83 bits per heavy atom. The highest BCUT2D eigenvalue weighted by molar-refractivity contribution is 9.11. The summed E-state index contributed by atoms with van der Waals surface area (Å²) in [5, 5.41) is 3.59. The minimum Gasteiger partial charge on any atom is -0.306 e. The third-order valence-corrected chi connectivity index (χ3v) is 3.20. The van der Waals surface area contributed by atoms with E-state index in [1.54, 1.807) is 0 Å². The molecule has 0 aromatic carbocycles. The zero-order chi connectivity index (χ0) is 7.68. The summed E-state index contributed by atoms with van der Waals surface area (Å²) in [5.74, 6) is 0. The highest BCUT2D eigenvalue weighted by Gasteiger charge is 2.21. The lowest BCUT2D eigenvalue weighted by molar-refractivity contribution is 0.463. The quantitative estimate of drug-likeness (QED) is 0.652. The van der Waals surface area contributed by atoms with Crippen LogP contribution >= 0.6 is 28.3 Å². The van der Waals surface area contributed by atoms with E-state index in [1.165, 1.54) is 17.3 Å². The van der Waals surface area contributed by atoms with Crippen LogP contribution in [0.2, 0.25) is 0 Å². The summed E-state index contributed by atoms with van der Waals surface area (Å²) < 4.78 is 1.33. The van der Waals surface area contributed by atoms with Gasteiger partial charge in [-0.05, 0) is 19.3 Å². The van der Waals surface area contributed by atoms with E-state index in [2.05, 4.69) is 39.5 Å². The normalized spacial score (nSPS) is 33.2. The molecule has 0 aliphatic carbocycles. The Morgan fingerprint density at radius 1 is 1.25 bits per heavy atom. The van der Waals surface area contributed by atoms with Gasteiger partial charge in [0, 0.05) is 16.6 Å². The lowest BCUT2D eigenvalue weighted by Crippen LogP contribution is -2.39. The van der Waals surface area contributed by atoms with E-state index in [0.717, 1.165) is 6.42 Å². The van der Waals surface area contributed by atoms with Crippen molar-refractivity contribution in [1.29, 1.82) is 0 Å². The van der Waals surface area contributed by atoms with Crippen LogP contribution in [0.15, 0.2) is 22.7 Å². The molecule has 0 saturated carbocycles. The molecule has 12 heavy (non-hydrogen) atoms. The van der Waals surface area contributed by atoms with Crippen molar-refractivity contribution in [1.82, 2.24) is 5.32 Å². The molecule has 2 aliphatic rings. The first-order valence-corrected chi connectivity index (χ1v) is 4.92. The van der Waals surface area contributed by atoms with Crippen molar-refractivity contribution in [2.24, 2.45) is 0 Å². The highest BCUT2D eigenvalue weighted by Crippen LogP contribution is 2.24. The number of hydrogen-bond donors (Lipinski definition) is 1. The van der Waals surface area contributed by atoms with Crippen LogP contribution in [0.1, 0.15) is 19.3 Å². The minimum absolute atomic E-state index is 0. The number of nitrogens with one attached hydrogen (secondary N) is 1. The van der Waals surface area contributed by atoms with E-state index in [4.69, 9.17) is 0 Å². The van der Waals surface area contributed by atoms with Gasteiger partial charge in [-0.15, -0.1) is 12.4 Å². The Bertz CT molecular complexity index is 213. The van der Waals surface area contributed by atoms with Crippen molar-refractivity contribution in [3.05, 3.63) is 22.7 Å². The second kappa shape index (κ2) is 4.45. The number of halogens is 2. The molecular weight excluding hydrogens is 237 g/mol. The van der Waals surface area contributed by atoms with Crippen molar-refractivity contribution in [3.8, 4) is 0 Å². The van der Waals surface area contributed by atoms with E-state index in [1.807, 2.05) is 0 Å². The van der Waals surface area contributed by atoms with Crippen molar-refractivity contribution < 1.29 is 0 Å². The number of rotatable bonds is 0. The van der Waals surface area contributed by atoms with E-state index < -0.39 is 0 Å². The second-order valence-corrected chi connectivity index (χ2v) is 4.10. The van der Waals surface area contributed by atoms with E-state index in [0.29, 0.717) is 12.1 Å². The maximum absolute atomic E-state index is 3.59. The molecule has 2 heterocycles. The van der Waals surface area contributed by atoms with Gasteiger partial charge in [0.05, 0.1) is 0 Å². The fraction of sp³-hybridized carbons (Fsp3) is 0.556. The number of fused-ring (bicyclic) bond motifs is 2.